The first-order valence-corrected chi connectivity index (χ1v) is 6.82. The summed E-state index contributed by atoms with van der Waals surface area (Å²) in [5, 5.41) is 3.36. The zero-order chi connectivity index (χ0) is 11.4. The van der Waals surface area contributed by atoms with Crippen molar-refractivity contribution in [1.82, 2.24) is 14.9 Å². The first kappa shape index (κ1) is 12.0. The summed E-state index contributed by atoms with van der Waals surface area (Å²) >= 11 is 2.25. The van der Waals surface area contributed by atoms with Crippen molar-refractivity contribution in [2.45, 2.75) is 25.8 Å². The number of likely N-dealkylation sites (N-methyl/N-ethyl adjacent to an activating group) is 1. The van der Waals surface area contributed by atoms with Gasteiger partial charge in [-0.3, -0.25) is 4.90 Å². The van der Waals surface area contributed by atoms with Crippen LogP contribution in [0.25, 0.3) is 0 Å². The van der Waals surface area contributed by atoms with Crippen LogP contribution in [0.15, 0.2) is 12.5 Å². The summed E-state index contributed by atoms with van der Waals surface area (Å²) in [7, 11) is 0. The van der Waals surface area contributed by atoms with Gasteiger partial charge in [-0.1, -0.05) is 6.92 Å². The summed E-state index contributed by atoms with van der Waals surface area (Å²) < 4.78 is 1.08. The van der Waals surface area contributed by atoms with Crippen LogP contribution in [0.5, 0.6) is 0 Å². The molecule has 1 N–H and O–H groups in total. The summed E-state index contributed by atoms with van der Waals surface area (Å²) in [6.07, 6.45) is 6.16. The molecule has 1 heterocycles. The van der Waals surface area contributed by atoms with Crippen molar-refractivity contribution in [3.63, 3.8) is 0 Å². The van der Waals surface area contributed by atoms with E-state index >= 15 is 0 Å². The molecule has 4 nitrogen and oxygen atoms in total. The van der Waals surface area contributed by atoms with Gasteiger partial charge in [0.1, 0.15) is 12.1 Å². The molecule has 5 heteroatoms. The number of anilines is 1. The lowest BCUT2D eigenvalue weighted by Gasteiger charge is -2.20. The van der Waals surface area contributed by atoms with E-state index in [9.17, 15) is 0 Å². The Morgan fingerprint density at radius 3 is 3.00 bits per heavy atom. The molecule has 1 saturated carbocycles. The monoisotopic (exact) mass is 332 g/mol. The third-order valence-corrected chi connectivity index (χ3v) is 3.62. The summed E-state index contributed by atoms with van der Waals surface area (Å²) in [5.41, 5.74) is 0. The molecule has 88 valence electrons. The molecule has 16 heavy (non-hydrogen) atoms. The Labute approximate surface area is 110 Å². The highest BCUT2D eigenvalue weighted by Gasteiger charge is 2.27. The van der Waals surface area contributed by atoms with Crippen LogP contribution in [0.2, 0.25) is 0 Å². The average Bonchev–Trinajstić information content (AvgIpc) is 3.11. The highest BCUT2D eigenvalue weighted by Crippen LogP contribution is 2.26. The number of hydrogen-bond acceptors (Lipinski definition) is 4. The van der Waals surface area contributed by atoms with Gasteiger partial charge in [0.15, 0.2) is 0 Å². The van der Waals surface area contributed by atoms with Gasteiger partial charge in [0.25, 0.3) is 0 Å². The maximum Gasteiger partial charge on any atom is 0.142 e. The third kappa shape index (κ3) is 3.28. The van der Waals surface area contributed by atoms with Gasteiger partial charge >= 0.3 is 0 Å². The number of hydrogen-bond donors (Lipinski definition) is 1. The van der Waals surface area contributed by atoms with Gasteiger partial charge in [-0.2, -0.15) is 0 Å². The minimum atomic E-state index is 0.844. The van der Waals surface area contributed by atoms with Crippen molar-refractivity contribution < 1.29 is 0 Å². The van der Waals surface area contributed by atoms with E-state index in [-0.39, 0.29) is 0 Å². The van der Waals surface area contributed by atoms with Crippen molar-refractivity contribution >= 4 is 28.4 Å². The van der Waals surface area contributed by atoms with E-state index in [2.05, 4.69) is 49.7 Å². The zero-order valence-electron chi connectivity index (χ0n) is 9.49. The summed E-state index contributed by atoms with van der Waals surface area (Å²) in [4.78, 5) is 10.7. The molecule has 1 fully saturated rings. The minimum absolute atomic E-state index is 0.844. The van der Waals surface area contributed by atoms with Crippen molar-refractivity contribution in [3.05, 3.63) is 16.1 Å². The van der Waals surface area contributed by atoms with E-state index in [0.717, 1.165) is 35.1 Å². The topological polar surface area (TPSA) is 41.0 Å². The molecule has 0 unspecified atom stereocenters. The standard InChI is InChI=1S/C11H17IN4/c1-2-16(9-3-4-9)6-5-14-11-10(12)7-13-8-15-11/h7-9H,2-6H2,1H3,(H,13,14,15). The number of halogens is 1. The normalized spacial score (nSPS) is 15.4. The Hall–Kier alpha value is -0.430. The van der Waals surface area contributed by atoms with Crippen LogP contribution in [-0.2, 0) is 0 Å². The fourth-order valence-corrected chi connectivity index (χ4v) is 2.29. The number of nitrogens with zero attached hydrogens (tertiary/aromatic N) is 3. The van der Waals surface area contributed by atoms with Gasteiger partial charge in [-0.15, -0.1) is 0 Å². The lowest BCUT2D eigenvalue weighted by Crippen LogP contribution is -2.31. The molecule has 1 aromatic heterocycles. The first-order chi connectivity index (χ1) is 7.81. The first-order valence-electron chi connectivity index (χ1n) is 5.74. The molecule has 1 aromatic rings. The van der Waals surface area contributed by atoms with Gasteiger partial charge < -0.3 is 5.32 Å². The molecule has 0 spiro atoms. The summed E-state index contributed by atoms with van der Waals surface area (Å²) in [5.74, 6) is 0.947. The summed E-state index contributed by atoms with van der Waals surface area (Å²) in [6, 6.07) is 0.844. The van der Waals surface area contributed by atoms with Crippen LogP contribution in [0, 0.1) is 3.57 Å². The van der Waals surface area contributed by atoms with Crippen molar-refractivity contribution in [3.8, 4) is 0 Å². The lowest BCUT2D eigenvalue weighted by atomic mass is 10.4. The van der Waals surface area contributed by atoms with Crippen LogP contribution in [0.4, 0.5) is 5.82 Å². The van der Waals surface area contributed by atoms with Crippen LogP contribution in [0.3, 0.4) is 0 Å². The van der Waals surface area contributed by atoms with E-state index in [4.69, 9.17) is 0 Å². The lowest BCUT2D eigenvalue weighted by molar-refractivity contribution is 0.289. The Morgan fingerprint density at radius 1 is 1.56 bits per heavy atom. The molecule has 1 aliphatic carbocycles. The predicted molar refractivity (Wildman–Crippen MR) is 73.5 cm³/mol. The largest absolute Gasteiger partial charge is 0.368 e. The van der Waals surface area contributed by atoms with Crippen molar-refractivity contribution in [2.24, 2.45) is 0 Å². The second-order valence-electron chi connectivity index (χ2n) is 4.01. The van der Waals surface area contributed by atoms with Crippen LogP contribution in [-0.4, -0.2) is 40.5 Å². The van der Waals surface area contributed by atoms with Crippen LogP contribution < -0.4 is 5.32 Å². The molecule has 1 aliphatic rings. The molecule has 0 radical (unpaired) electrons. The molecule has 0 aliphatic heterocycles. The Morgan fingerprint density at radius 2 is 2.38 bits per heavy atom. The van der Waals surface area contributed by atoms with Gasteiger partial charge in [-0.05, 0) is 42.0 Å². The number of aromatic nitrogens is 2. The van der Waals surface area contributed by atoms with E-state index in [1.54, 1.807) is 6.33 Å². The second kappa shape index (κ2) is 5.77. The molecule has 2 rings (SSSR count). The van der Waals surface area contributed by atoms with E-state index in [1.807, 2.05) is 6.20 Å². The van der Waals surface area contributed by atoms with Crippen LogP contribution in [0.1, 0.15) is 19.8 Å². The molecule has 0 saturated heterocycles. The smallest absolute Gasteiger partial charge is 0.142 e. The van der Waals surface area contributed by atoms with E-state index in [0.29, 0.717) is 0 Å². The molecule has 0 aromatic carbocycles. The molecule has 0 bridgehead atoms. The van der Waals surface area contributed by atoms with Crippen LogP contribution >= 0.6 is 22.6 Å². The Bertz CT molecular complexity index is 341. The molecule has 0 amide bonds. The highest BCUT2D eigenvalue weighted by molar-refractivity contribution is 14.1. The molecule has 0 atom stereocenters. The minimum Gasteiger partial charge on any atom is -0.368 e. The quantitative estimate of drug-likeness (QED) is 0.809. The Balaban J connectivity index is 1.77. The van der Waals surface area contributed by atoms with Gasteiger partial charge in [0.2, 0.25) is 0 Å². The highest BCUT2D eigenvalue weighted by atomic mass is 127. The average molecular weight is 332 g/mol. The number of nitrogens with one attached hydrogen (secondary N) is 1. The summed E-state index contributed by atoms with van der Waals surface area (Å²) in [6.45, 7) is 5.43. The number of rotatable bonds is 6. The second-order valence-corrected chi connectivity index (χ2v) is 5.17. The fraction of sp³-hybridized carbons (Fsp3) is 0.636. The predicted octanol–water partition coefficient (Wildman–Crippen LogP) is 1.98. The fourth-order valence-electron chi connectivity index (χ4n) is 1.80. The van der Waals surface area contributed by atoms with Crippen molar-refractivity contribution in [2.75, 3.05) is 25.0 Å². The van der Waals surface area contributed by atoms with Gasteiger partial charge in [0, 0.05) is 25.3 Å². The maximum atomic E-state index is 4.21. The maximum absolute atomic E-state index is 4.21. The molecular formula is C11H17IN4. The van der Waals surface area contributed by atoms with Gasteiger partial charge in [-0.25, -0.2) is 9.97 Å². The van der Waals surface area contributed by atoms with E-state index < -0.39 is 0 Å². The third-order valence-electron chi connectivity index (χ3n) is 2.83. The molecular weight excluding hydrogens is 315 g/mol. The van der Waals surface area contributed by atoms with E-state index in [1.165, 1.54) is 12.8 Å². The zero-order valence-corrected chi connectivity index (χ0v) is 11.6. The van der Waals surface area contributed by atoms with Crippen molar-refractivity contribution in [1.29, 1.82) is 0 Å². The van der Waals surface area contributed by atoms with Gasteiger partial charge in [0.05, 0.1) is 3.57 Å². The SMILES string of the molecule is CCN(CCNc1ncncc1I)C1CC1. The Kier molecular flexibility index (Phi) is 4.34.